The summed E-state index contributed by atoms with van der Waals surface area (Å²) in [5, 5.41) is 0. The molecule has 5 aliphatic rings. The van der Waals surface area contributed by atoms with Crippen LogP contribution in [0.1, 0.15) is 57.9 Å². The van der Waals surface area contributed by atoms with Crippen LogP contribution in [-0.2, 0) is 5.41 Å². The molecule has 1 spiro atoms. The Labute approximate surface area is 162 Å². The van der Waals surface area contributed by atoms with Crippen molar-refractivity contribution in [3.63, 3.8) is 0 Å². The highest BCUT2D eigenvalue weighted by Crippen LogP contribution is 2.68. The highest BCUT2D eigenvalue weighted by molar-refractivity contribution is 5.78. The third-order valence-corrected chi connectivity index (χ3v) is 8.93. The summed E-state index contributed by atoms with van der Waals surface area (Å²) in [5.41, 5.74) is 3.74. The maximum absolute atomic E-state index is 6.27. The van der Waals surface area contributed by atoms with E-state index in [4.69, 9.17) is 9.47 Å². The van der Waals surface area contributed by atoms with Crippen molar-refractivity contribution in [1.82, 2.24) is 4.90 Å². The average Bonchev–Trinajstić information content (AvgIpc) is 3.24. The largest absolute Gasteiger partial charge is 0.493 e. The minimum absolute atomic E-state index is 0.285. The molecule has 0 unspecified atom stereocenters. The van der Waals surface area contributed by atoms with Gasteiger partial charge in [0.1, 0.15) is 6.61 Å². The number of methoxy groups -OCH3 is 1. The SMILES string of the molecule is CC[C@@]12CCCN3CC[C@]4(c5ccc(OC)c6c5N([C@@H](C)CO6)[C@@H]4CC1)[C@H]32. The quantitative estimate of drug-likeness (QED) is 0.789. The third-order valence-electron chi connectivity index (χ3n) is 8.93. The smallest absolute Gasteiger partial charge is 0.184 e. The summed E-state index contributed by atoms with van der Waals surface area (Å²) in [6, 6.07) is 6.35. The standard InChI is InChI=1S/C23H32N2O2/c1-4-22-9-5-12-24-13-11-23(21(22)24)16-6-7-17(26-3)20-19(16)25(15(2)14-27-20)18(23)8-10-22/h6-7,15,18,21H,4-5,8-14H2,1-3H3/t15-,18+,21+,22+,23+/m0/s1. The molecule has 5 atom stereocenters. The van der Waals surface area contributed by atoms with Crippen LogP contribution in [0.15, 0.2) is 12.1 Å². The van der Waals surface area contributed by atoms with Crippen LogP contribution >= 0.6 is 0 Å². The predicted octanol–water partition coefficient (Wildman–Crippen LogP) is 3.96. The fourth-order valence-corrected chi connectivity index (χ4v) is 8.01. The summed E-state index contributed by atoms with van der Waals surface area (Å²) in [5.74, 6) is 1.91. The van der Waals surface area contributed by atoms with Gasteiger partial charge in [-0.2, -0.15) is 0 Å². The minimum atomic E-state index is 0.285. The molecule has 4 aliphatic heterocycles. The Kier molecular flexibility index (Phi) is 3.27. The van der Waals surface area contributed by atoms with E-state index in [1.165, 1.54) is 57.3 Å². The molecule has 1 aromatic rings. The van der Waals surface area contributed by atoms with Gasteiger partial charge in [-0.25, -0.2) is 0 Å². The van der Waals surface area contributed by atoms with E-state index in [9.17, 15) is 0 Å². The number of rotatable bonds is 2. The lowest BCUT2D eigenvalue weighted by Gasteiger charge is -2.59. The average molecular weight is 369 g/mol. The summed E-state index contributed by atoms with van der Waals surface area (Å²) < 4.78 is 12.0. The molecule has 1 aromatic carbocycles. The number of fused-ring (bicyclic) bond motifs is 1. The van der Waals surface area contributed by atoms with Gasteiger partial charge in [0.15, 0.2) is 11.5 Å². The van der Waals surface area contributed by atoms with Crippen molar-refractivity contribution < 1.29 is 9.47 Å². The summed E-state index contributed by atoms with van der Waals surface area (Å²) in [6.07, 6.45) is 8.16. The second-order valence-corrected chi connectivity index (χ2v) is 9.66. The molecule has 6 rings (SSSR count). The van der Waals surface area contributed by atoms with E-state index in [-0.39, 0.29) is 5.41 Å². The van der Waals surface area contributed by atoms with E-state index in [0.717, 1.165) is 18.1 Å². The van der Waals surface area contributed by atoms with Crippen LogP contribution in [-0.4, -0.2) is 49.8 Å². The van der Waals surface area contributed by atoms with E-state index in [1.807, 2.05) is 0 Å². The molecule has 1 saturated carbocycles. The molecule has 27 heavy (non-hydrogen) atoms. The highest BCUT2D eigenvalue weighted by atomic mass is 16.5. The molecule has 0 amide bonds. The lowest BCUT2D eigenvalue weighted by molar-refractivity contribution is -0.0352. The van der Waals surface area contributed by atoms with E-state index >= 15 is 0 Å². The maximum Gasteiger partial charge on any atom is 0.184 e. The van der Waals surface area contributed by atoms with Gasteiger partial charge in [0.05, 0.1) is 18.8 Å². The van der Waals surface area contributed by atoms with Crippen LogP contribution in [0.5, 0.6) is 11.5 Å². The number of hydrogen-bond donors (Lipinski definition) is 0. The third kappa shape index (κ3) is 1.75. The van der Waals surface area contributed by atoms with Gasteiger partial charge in [-0.15, -0.1) is 0 Å². The molecule has 1 aliphatic carbocycles. The van der Waals surface area contributed by atoms with E-state index in [1.54, 1.807) is 12.7 Å². The number of nitrogens with zero attached hydrogens (tertiary/aromatic N) is 2. The number of hydrogen-bond acceptors (Lipinski definition) is 4. The molecule has 4 heteroatoms. The van der Waals surface area contributed by atoms with Crippen LogP contribution < -0.4 is 14.4 Å². The van der Waals surface area contributed by atoms with Crippen molar-refractivity contribution in [3.05, 3.63) is 17.7 Å². The van der Waals surface area contributed by atoms with Gasteiger partial charge in [-0.05, 0) is 75.6 Å². The van der Waals surface area contributed by atoms with Crippen LogP contribution in [0.3, 0.4) is 0 Å². The molecule has 4 nitrogen and oxygen atoms in total. The first-order chi connectivity index (χ1) is 13.2. The lowest BCUT2D eigenvalue weighted by atomic mass is 9.52. The number of anilines is 1. The Morgan fingerprint density at radius 1 is 1.22 bits per heavy atom. The molecule has 0 bridgehead atoms. The molecule has 0 N–H and O–H groups in total. The zero-order valence-electron chi connectivity index (χ0n) is 17.0. The first kappa shape index (κ1) is 16.5. The maximum atomic E-state index is 6.27. The summed E-state index contributed by atoms with van der Waals surface area (Å²) >= 11 is 0. The van der Waals surface area contributed by atoms with Gasteiger partial charge < -0.3 is 14.4 Å². The van der Waals surface area contributed by atoms with E-state index < -0.39 is 0 Å². The van der Waals surface area contributed by atoms with Gasteiger partial charge in [0.2, 0.25) is 0 Å². The normalized spacial score (nSPS) is 41.6. The van der Waals surface area contributed by atoms with E-state index in [2.05, 4.69) is 35.8 Å². The van der Waals surface area contributed by atoms with Crippen molar-refractivity contribution in [1.29, 1.82) is 0 Å². The Bertz CT molecular complexity index is 795. The second-order valence-electron chi connectivity index (χ2n) is 9.66. The molecule has 2 saturated heterocycles. The number of piperidine rings is 1. The summed E-state index contributed by atoms with van der Waals surface area (Å²) in [6.45, 7) is 8.14. The molecule has 3 fully saturated rings. The van der Waals surface area contributed by atoms with Gasteiger partial charge in [0, 0.05) is 17.5 Å². The Morgan fingerprint density at radius 2 is 2.11 bits per heavy atom. The lowest BCUT2D eigenvalue weighted by Crippen LogP contribution is -2.65. The first-order valence-corrected chi connectivity index (χ1v) is 11.0. The fourth-order valence-electron chi connectivity index (χ4n) is 8.01. The van der Waals surface area contributed by atoms with Gasteiger partial charge in [-0.1, -0.05) is 13.0 Å². The molecule has 0 aromatic heterocycles. The van der Waals surface area contributed by atoms with Crippen molar-refractivity contribution in [2.24, 2.45) is 5.41 Å². The summed E-state index contributed by atoms with van der Waals surface area (Å²) in [4.78, 5) is 5.63. The Balaban J connectivity index is 1.61. The molecule has 0 radical (unpaired) electrons. The van der Waals surface area contributed by atoms with Crippen LogP contribution in [0.4, 0.5) is 5.69 Å². The highest BCUT2D eigenvalue weighted by Gasteiger charge is 2.68. The van der Waals surface area contributed by atoms with E-state index in [0.29, 0.717) is 23.5 Å². The van der Waals surface area contributed by atoms with Crippen molar-refractivity contribution in [2.75, 3.05) is 31.7 Å². The molecular formula is C23H32N2O2. The Morgan fingerprint density at radius 3 is 2.93 bits per heavy atom. The molecule has 146 valence electrons. The van der Waals surface area contributed by atoms with Crippen LogP contribution in [0, 0.1) is 5.41 Å². The minimum Gasteiger partial charge on any atom is -0.493 e. The molecule has 4 heterocycles. The predicted molar refractivity (Wildman–Crippen MR) is 107 cm³/mol. The van der Waals surface area contributed by atoms with Crippen molar-refractivity contribution in [3.8, 4) is 11.5 Å². The zero-order chi connectivity index (χ0) is 18.4. The van der Waals surface area contributed by atoms with Gasteiger partial charge in [-0.3, -0.25) is 4.90 Å². The topological polar surface area (TPSA) is 24.9 Å². The first-order valence-electron chi connectivity index (χ1n) is 11.0. The van der Waals surface area contributed by atoms with Gasteiger partial charge in [0.25, 0.3) is 0 Å². The second kappa shape index (κ2) is 5.34. The van der Waals surface area contributed by atoms with Gasteiger partial charge >= 0.3 is 0 Å². The number of benzene rings is 1. The zero-order valence-corrected chi connectivity index (χ0v) is 17.0. The summed E-state index contributed by atoms with van der Waals surface area (Å²) in [7, 11) is 1.77. The monoisotopic (exact) mass is 368 g/mol. The van der Waals surface area contributed by atoms with Crippen molar-refractivity contribution >= 4 is 5.69 Å². The van der Waals surface area contributed by atoms with Crippen molar-refractivity contribution in [2.45, 2.75) is 75.9 Å². The Hall–Kier alpha value is -1.42. The fraction of sp³-hybridized carbons (Fsp3) is 0.739. The van der Waals surface area contributed by atoms with Crippen LogP contribution in [0.2, 0.25) is 0 Å². The van der Waals surface area contributed by atoms with Crippen LogP contribution in [0.25, 0.3) is 0 Å². The number of ether oxygens (including phenoxy) is 2. The molecular weight excluding hydrogens is 336 g/mol.